The van der Waals surface area contributed by atoms with Gasteiger partial charge in [-0.15, -0.1) is 0 Å². The number of nitrogens with zero attached hydrogens (tertiary/aromatic N) is 1. The molecule has 0 bridgehead atoms. The van der Waals surface area contributed by atoms with Crippen LogP contribution in [0.1, 0.15) is 62.5 Å². The minimum Gasteiger partial charge on any atom is -0.467 e. The van der Waals surface area contributed by atoms with E-state index in [4.69, 9.17) is 4.74 Å². The number of carbonyl (C=O) groups is 2. The van der Waals surface area contributed by atoms with Crippen molar-refractivity contribution in [3.8, 4) is 5.19 Å². The lowest BCUT2D eigenvalue weighted by molar-refractivity contribution is -0.119. The van der Waals surface area contributed by atoms with E-state index in [2.05, 4.69) is 15.6 Å². The Morgan fingerprint density at radius 2 is 2.21 bits per heavy atom. The van der Waals surface area contributed by atoms with Gasteiger partial charge in [0, 0.05) is 31.0 Å². The predicted octanol–water partition coefficient (Wildman–Crippen LogP) is 2.40. The maximum absolute atomic E-state index is 12.2. The molecule has 0 radical (unpaired) electrons. The molecule has 2 saturated carbocycles. The summed E-state index contributed by atoms with van der Waals surface area (Å²) in [5.74, 6) is 1.96. The number of aliphatic hydroxyl groups excluding tert-OH is 1. The van der Waals surface area contributed by atoms with Gasteiger partial charge in [0.05, 0.1) is 6.20 Å². The number of carbonyl (C=O) groups excluding carboxylic acids is 2. The number of ether oxygens (including phenoxy) is 1. The SMILES string of the molecule is CC(C)(C)NCC(O)COc1ncc(C(=O)NCCCCC2C3CCC(=O)C23)s1. The lowest BCUT2D eigenvalue weighted by atomic mass is 10.1. The van der Waals surface area contributed by atoms with Gasteiger partial charge in [-0.25, -0.2) is 4.98 Å². The van der Waals surface area contributed by atoms with E-state index in [1.165, 1.54) is 17.5 Å². The Morgan fingerprint density at radius 3 is 2.90 bits per heavy atom. The quantitative estimate of drug-likeness (QED) is 0.473. The number of nitrogens with one attached hydrogen (secondary N) is 2. The predicted molar refractivity (Wildman–Crippen MR) is 112 cm³/mol. The molecule has 0 aliphatic heterocycles. The molecule has 29 heavy (non-hydrogen) atoms. The number of hydrogen-bond donors (Lipinski definition) is 3. The number of β-amino-alcohol motifs (C(OH)–C–C–N with tert-alkyl or cyclic N) is 1. The van der Waals surface area contributed by atoms with Crippen molar-refractivity contribution in [3.05, 3.63) is 11.1 Å². The Balaban J connectivity index is 1.27. The van der Waals surface area contributed by atoms with Gasteiger partial charge < -0.3 is 20.5 Å². The Morgan fingerprint density at radius 1 is 1.41 bits per heavy atom. The number of hydrogen-bond acceptors (Lipinski definition) is 7. The highest BCUT2D eigenvalue weighted by atomic mass is 32.1. The molecule has 2 fully saturated rings. The van der Waals surface area contributed by atoms with Crippen LogP contribution in [0.5, 0.6) is 5.19 Å². The standard InChI is InChI=1S/C21H33N3O4S/c1-21(2,3)24-10-13(25)12-28-20-23-11-17(29-20)19(27)22-9-5-4-6-14-15-7-8-16(26)18(14)15/h11,13-15,18,24-25H,4-10,12H2,1-3H3,(H,22,27). The van der Waals surface area contributed by atoms with Crippen molar-refractivity contribution < 1.29 is 19.4 Å². The summed E-state index contributed by atoms with van der Waals surface area (Å²) in [6.45, 7) is 7.28. The first kappa shape index (κ1) is 22.2. The lowest BCUT2D eigenvalue weighted by Gasteiger charge is -2.22. The van der Waals surface area contributed by atoms with E-state index in [0.717, 1.165) is 32.1 Å². The number of fused-ring (bicyclic) bond motifs is 1. The van der Waals surface area contributed by atoms with E-state index in [0.29, 0.717) is 46.7 Å². The second-order valence-corrected chi connectivity index (χ2v) is 10.2. The molecule has 0 saturated heterocycles. The van der Waals surface area contributed by atoms with Crippen LogP contribution in [0.15, 0.2) is 6.20 Å². The summed E-state index contributed by atoms with van der Waals surface area (Å²) in [5, 5.41) is 16.5. The fourth-order valence-electron chi connectivity index (χ4n) is 4.06. The molecule has 3 rings (SSSR count). The Bertz CT molecular complexity index is 715. The van der Waals surface area contributed by atoms with Gasteiger partial charge in [0.1, 0.15) is 23.4 Å². The van der Waals surface area contributed by atoms with Crippen molar-refractivity contribution >= 4 is 23.0 Å². The van der Waals surface area contributed by atoms with Crippen molar-refractivity contribution in [1.29, 1.82) is 0 Å². The van der Waals surface area contributed by atoms with Gasteiger partial charge in [-0.05, 0) is 51.9 Å². The average molecular weight is 424 g/mol. The zero-order chi connectivity index (χ0) is 21.0. The van der Waals surface area contributed by atoms with Gasteiger partial charge in [-0.3, -0.25) is 9.59 Å². The third kappa shape index (κ3) is 6.49. The second kappa shape index (κ2) is 9.53. The summed E-state index contributed by atoms with van der Waals surface area (Å²) >= 11 is 1.18. The van der Waals surface area contributed by atoms with E-state index in [9.17, 15) is 14.7 Å². The summed E-state index contributed by atoms with van der Waals surface area (Å²) in [7, 11) is 0. The van der Waals surface area contributed by atoms with Crippen LogP contribution in [0, 0.1) is 17.8 Å². The summed E-state index contributed by atoms with van der Waals surface area (Å²) in [5.41, 5.74) is -0.0671. The molecular formula is C21H33N3O4S. The number of amides is 1. The molecule has 7 nitrogen and oxygen atoms in total. The molecule has 4 atom stereocenters. The number of thiazole rings is 1. The van der Waals surface area contributed by atoms with E-state index in [1.807, 2.05) is 20.8 Å². The van der Waals surface area contributed by atoms with Crippen molar-refractivity contribution in [1.82, 2.24) is 15.6 Å². The van der Waals surface area contributed by atoms with Crippen LogP contribution < -0.4 is 15.4 Å². The van der Waals surface area contributed by atoms with Crippen LogP contribution in [-0.2, 0) is 4.79 Å². The second-order valence-electron chi connectivity index (χ2n) is 9.20. The highest BCUT2D eigenvalue weighted by Gasteiger charge is 2.56. The number of aromatic nitrogens is 1. The van der Waals surface area contributed by atoms with Gasteiger partial charge in [0.2, 0.25) is 0 Å². The molecule has 4 unspecified atom stereocenters. The van der Waals surface area contributed by atoms with Gasteiger partial charge in [-0.2, -0.15) is 0 Å². The Kier molecular flexibility index (Phi) is 7.29. The molecular weight excluding hydrogens is 390 g/mol. The molecule has 1 amide bonds. The van der Waals surface area contributed by atoms with E-state index in [-0.39, 0.29) is 18.1 Å². The topological polar surface area (TPSA) is 101 Å². The Hall–Kier alpha value is -1.51. The maximum Gasteiger partial charge on any atom is 0.273 e. The van der Waals surface area contributed by atoms with E-state index in [1.54, 1.807) is 0 Å². The van der Waals surface area contributed by atoms with E-state index >= 15 is 0 Å². The molecule has 0 aromatic carbocycles. The molecule has 1 aromatic rings. The van der Waals surface area contributed by atoms with Gasteiger partial charge in [0.25, 0.3) is 11.1 Å². The highest BCUT2D eigenvalue weighted by molar-refractivity contribution is 7.15. The number of ketones is 1. The fourth-order valence-corrected chi connectivity index (χ4v) is 4.75. The fraction of sp³-hybridized carbons (Fsp3) is 0.762. The molecule has 0 spiro atoms. The summed E-state index contributed by atoms with van der Waals surface area (Å²) in [4.78, 5) is 28.5. The first-order valence-corrected chi connectivity index (χ1v) is 11.4. The van der Waals surface area contributed by atoms with Crippen LogP contribution in [-0.4, -0.2) is 53.1 Å². The monoisotopic (exact) mass is 423 g/mol. The molecule has 3 N–H and O–H groups in total. The van der Waals surface area contributed by atoms with E-state index < -0.39 is 6.10 Å². The summed E-state index contributed by atoms with van der Waals surface area (Å²) in [6.07, 6.45) is 5.80. The molecule has 8 heteroatoms. The molecule has 2 aliphatic rings. The van der Waals surface area contributed by atoms with Gasteiger partial charge in [-0.1, -0.05) is 17.8 Å². The Labute approximate surface area is 176 Å². The van der Waals surface area contributed by atoms with Crippen LogP contribution in [0.4, 0.5) is 0 Å². The van der Waals surface area contributed by atoms with Crippen molar-refractivity contribution in [2.45, 2.75) is 64.5 Å². The molecule has 1 heterocycles. The normalized spacial score (nSPS) is 24.3. The first-order valence-electron chi connectivity index (χ1n) is 10.6. The smallest absolute Gasteiger partial charge is 0.273 e. The minimum atomic E-state index is -0.642. The van der Waals surface area contributed by atoms with Crippen molar-refractivity contribution in [3.63, 3.8) is 0 Å². The van der Waals surface area contributed by atoms with Crippen molar-refractivity contribution in [2.75, 3.05) is 19.7 Å². The molecule has 2 aliphatic carbocycles. The maximum atomic E-state index is 12.2. The summed E-state index contributed by atoms with van der Waals surface area (Å²) in [6, 6.07) is 0. The largest absolute Gasteiger partial charge is 0.467 e. The van der Waals surface area contributed by atoms with Gasteiger partial charge >= 0.3 is 0 Å². The number of rotatable bonds is 11. The third-order valence-electron chi connectivity index (χ3n) is 5.65. The van der Waals surface area contributed by atoms with Crippen LogP contribution in [0.3, 0.4) is 0 Å². The first-order chi connectivity index (χ1) is 13.7. The summed E-state index contributed by atoms with van der Waals surface area (Å²) < 4.78 is 5.49. The van der Waals surface area contributed by atoms with Gasteiger partial charge in [0.15, 0.2) is 0 Å². The zero-order valence-electron chi connectivity index (χ0n) is 17.6. The van der Waals surface area contributed by atoms with Crippen LogP contribution in [0.2, 0.25) is 0 Å². The zero-order valence-corrected chi connectivity index (χ0v) is 18.4. The minimum absolute atomic E-state index is 0.0671. The molecule has 1 aromatic heterocycles. The average Bonchev–Trinajstić information content (AvgIpc) is 2.97. The van der Waals surface area contributed by atoms with Crippen LogP contribution >= 0.6 is 11.3 Å². The van der Waals surface area contributed by atoms with Crippen LogP contribution in [0.25, 0.3) is 0 Å². The van der Waals surface area contributed by atoms with Crippen molar-refractivity contribution in [2.24, 2.45) is 17.8 Å². The number of unbranched alkanes of at least 4 members (excludes halogenated alkanes) is 1. The number of Topliss-reactive ketones (excluding diaryl/α,β-unsaturated/α-hetero) is 1. The number of aliphatic hydroxyl groups is 1. The third-order valence-corrected chi connectivity index (χ3v) is 6.56. The molecule has 162 valence electrons. The highest BCUT2D eigenvalue weighted by Crippen LogP contribution is 2.57. The lowest BCUT2D eigenvalue weighted by Crippen LogP contribution is -2.42.